The second-order valence-corrected chi connectivity index (χ2v) is 9.62. The predicted octanol–water partition coefficient (Wildman–Crippen LogP) is 8.26. The van der Waals surface area contributed by atoms with Gasteiger partial charge in [-0.1, -0.05) is 69.7 Å². The Labute approximate surface area is 176 Å². The standard InChI is InChI=1S/C27H37FO/c1-3-4-5-6-7-19-8-9-21-17-22(11-10-20(21)16-19)23-12-14-25-24(18-23)13-15-26(29-2)27(25)28/h12-15,18-22H,3-11,16-17H2,1-2H3/t19?,20-,21?,22-/m1/s1. The van der Waals surface area contributed by atoms with Crippen molar-refractivity contribution in [2.45, 2.75) is 83.5 Å². The second-order valence-electron chi connectivity index (χ2n) is 9.62. The highest BCUT2D eigenvalue weighted by Crippen LogP contribution is 2.48. The molecule has 0 saturated heterocycles. The summed E-state index contributed by atoms with van der Waals surface area (Å²) in [5, 5.41) is 1.67. The zero-order valence-electron chi connectivity index (χ0n) is 18.3. The fourth-order valence-corrected chi connectivity index (χ4v) is 6.11. The van der Waals surface area contributed by atoms with Crippen molar-refractivity contribution in [1.82, 2.24) is 0 Å². The Morgan fingerprint density at radius 2 is 1.76 bits per heavy atom. The Morgan fingerprint density at radius 3 is 2.59 bits per heavy atom. The molecule has 1 nitrogen and oxygen atoms in total. The van der Waals surface area contributed by atoms with Crippen LogP contribution < -0.4 is 4.74 Å². The topological polar surface area (TPSA) is 9.23 Å². The molecule has 4 rings (SSSR count). The van der Waals surface area contributed by atoms with E-state index < -0.39 is 0 Å². The summed E-state index contributed by atoms with van der Waals surface area (Å²) in [6, 6.07) is 10.1. The van der Waals surface area contributed by atoms with Crippen LogP contribution in [0.4, 0.5) is 4.39 Å². The number of fused-ring (bicyclic) bond motifs is 2. The van der Waals surface area contributed by atoms with E-state index in [0.29, 0.717) is 17.1 Å². The molecule has 0 bridgehead atoms. The van der Waals surface area contributed by atoms with Gasteiger partial charge < -0.3 is 4.74 Å². The molecule has 0 spiro atoms. The minimum atomic E-state index is -0.238. The van der Waals surface area contributed by atoms with E-state index in [9.17, 15) is 4.39 Å². The maximum atomic E-state index is 14.5. The summed E-state index contributed by atoms with van der Waals surface area (Å²) in [4.78, 5) is 0. The number of methoxy groups -OCH3 is 1. The SMILES string of the molecule is CCCCCCC1CCC2C[C@H](c3ccc4c(F)c(OC)ccc4c3)CC[C@@H]2C1. The second kappa shape index (κ2) is 9.49. The average Bonchev–Trinajstić information content (AvgIpc) is 2.76. The summed E-state index contributed by atoms with van der Waals surface area (Å²) in [5.74, 6) is 3.59. The molecule has 2 heteroatoms. The first kappa shape index (κ1) is 20.7. The summed E-state index contributed by atoms with van der Waals surface area (Å²) in [5.41, 5.74) is 1.40. The van der Waals surface area contributed by atoms with Crippen LogP contribution in [0.15, 0.2) is 30.3 Å². The quantitative estimate of drug-likeness (QED) is 0.428. The molecule has 2 fully saturated rings. The van der Waals surface area contributed by atoms with Crippen LogP contribution in [0.2, 0.25) is 0 Å². The van der Waals surface area contributed by atoms with Gasteiger partial charge in [0.25, 0.3) is 0 Å². The van der Waals surface area contributed by atoms with Crippen molar-refractivity contribution in [3.8, 4) is 5.75 Å². The van der Waals surface area contributed by atoms with Gasteiger partial charge in [-0.05, 0) is 72.8 Å². The lowest BCUT2D eigenvalue weighted by Crippen LogP contribution is -2.30. The Kier molecular flexibility index (Phi) is 6.77. The largest absolute Gasteiger partial charge is 0.494 e. The van der Waals surface area contributed by atoms with Gasteiger partial charge in [0.2, 0.25) is 0 Å². The van der Waals surface area contributed by atoms with E-state index >= 15 is 0 Å². The van der Waals surface area contributed by atoms with Crippen molar-refractivity contribution < 1.29 is 9.13 Å². The average molecular weight is 397 g/mol. The number of unbranched alkanes of at least 4 members (excludes halogenated alkanes) is 3. The first-order chi connectivity index (χ1) is 14.2. The highest BCUT2D eigenvalue weighted by Gasteiger charge is 2.35. The van der Waals surface area contributed by atoms with Gasteiger partial charge in [-0.25, -0.2) is 4.39 Å². The van der Waals surface area contributed by atoms with Crippen molar-refractivity contribution in [3.05, 3.63) is 41.7 Å². The van der Waals surface area contributed by atoms with Crippen LogP contribution in [0.25, 0.3) is 10.8 Å². The van der Waals surface area contributed by atoms with Crippen molar-refractivity contribution in [2.24, 2.45) is 17.8 Å². The van der Waals surface area contributed by atoms with Crippen molar-refractivity contribution in [1.29, 1.82) is 0 Å². The van der Waals surface area contributed by atoms with Gasteiger partial charge in [0, 0.05) is 5.39 Å². The fourth-order valence-electron chi connectivity index (χ4n) is 6.11. The number of ether oxygens (including phenoxy) is 1. The lowest BCUT2D eigenvalue weighted by molar-refractivity contribution is 0.113. The van der Waals surface area contributed by atoms with E-state index in [1.54, 1.807) is 6.07 Å². The highest BCUT2D eigenvalue weighted by molar-refractivity contribution is 5.85. The molecule has 0 aliphatic heterocycles. The Bertz CT molecular complexity index is 814. The summed E-state index contributed by atoms with van der Waals surface area (Å²) < 4.78 is 19.6. The van der Waals surface area contributed by atoms with Crippen LogP contribution in [0.1, 0.15) is 89.0 Å². The molecule has 2 aliphatic carbocycles. The van der Waals surface area contributed by atoms with Crippen molar-refractivity contribution in [3.63, 3.8) is 0 Å². The van der Waals surface area contributed by atoms with Gasteiger partial charge in [0.15, 0.2) is 11.6 Å². The molecule has 0 radical (unpaired) electrons. The smallest absolute Gasteiger partial charge is 0.172 e. The summed E-state index contributed by atoms with van der Waals surface area (Å²) in [6.45, 7) is 2.30. The molecule has 158 valence electrons. The lowest BCUT2D eigenvalue weighted by atomic mass is 9.63. The van der Waals surface area contributed by atoms with E-state index in [2.05, 4.69) is 19.1 Å². The van der Waals surface area contributed by atoms with E-state index in [1.165, 1.54) is 83.3 Å². The molecule has 0 N–H and O–H groups in total. The fraction of sp³-hybridized carbons (Fsp3) is 0.630. The molecule has 2 aromatic rings. The van der Waals surface area contributed by atoms with Crippen LogP contribution in [-0.2, 0) is 0 Å². The van der Waals surface area contributed by atoms with Gasteiger partial charge in [0.1, 0.15) is 0 Å². The first-order valence-electron chi connectivity index (χ1n) is 12.0. The molecule has 2 aliphatic rings. The van der Waals surface area contributed by atoms with E-state index in [0.717, 1.165) is 23.1 Å². The molecule has 4 atom stereocenters. The molecule has 29 heavy (non-hydrogen) atoms. The zero-order chi connectivity index (χ0) is 20.2. The summed E-state index contributed by atoms with van der Waals surface area (Å²) >= 11 is 0. The van der Waals surface area contributed by atoms with Crippen LogP contribution in [-0.4, -0.2) is 7.11 Å². The van der Waals surface area contributed by atoms with Crippen LogP contribution in [0.5, 0.6) is 5.75 Å². The van der Waals surface area contributed by atoms with Gasteiger partial charge in [-0.15, -0.1) is 0 Å². The summed E-state index contributed by atoms with van der Waals surface area (Å²) in [6.07, 6.45) is 15.4. The van der Waals surface area contributed by atoms with Gasteiger partial charge in [0.05, 0.1) is 7.11 Å². The molecule has 0 amide bonds. The number of hydrogen-bond acceptors (Lipinski definition) is 1. The van der Waals surface area contributed by atoms with Crippen LogP contribution >= 0.6 is 0 Å². The molecule has 0 aromatic heterocycles. The van der Waals surface area contributed by atoms with E-state index in [-0.39, 0.29) is 5.82 Å². The molecular weight excluding hydrogens is 359 g/mol. The third-order valence-electron chi connectivity index (χ3n) is 7.82. The number of benzene rings is 2. The van der Waals surface area contributed by atoms with E-state index in [1.807, 2.05) is 12.1 Å². The van der Waals surface area contributed by atoms with Crippen LogP contribution in [0, 0.1) is 23.6 Å². The molecule has 0 heterocycles. The Balaban J connectivity index is 1.38. The van der Waals surface area contributed by atoms with Gasteiger partial charge in [-0.3, -0.25) is 0 Å². The third-order valence-corrected chi connectivity index (χ3v) is 7.82. The maximum Gasteiger partial charge on any atom is 0.172 e. The number of hydrogen-bond donors (Lipinski definition) is 0. The first-order valence-corrected chi connectivity index (χ1v) is 12.0. The Morgan fingerprint density at radius 1 is 0.931 bits per heavy atom. The van der Waals surface area contributed by atoms with Crippen LogP contribution in [0.3, 0.4) is 0 Å². The molecule has 2 unspecified atom stereocenters. The van der Waals surface area contributed by atoms with Gasteiger partial charge in [-0.2, -0.15) is 0 Å². The monoisotopic (exact) mass is 396 g/mol. The zero-order valence-corrected chi connectivity index (χ0v) is 18.3. The minimum absolute atomic E-state index is 0.238. The van der Waals surface area contributed by atoms with Crippen molar-refractivity contribution in [2.75, 3.05) is 7.11 Å². The highest BCUT2D eigenvalue weighted by atomic mass is 19.1. The lowest BCUT2D eigenvalue weighted by Gasteiger charge is -2.42. The Hall–Kier alpha value is -1.57. The molecular formula is C27H37FO. The molecule has 2 aromatic carbocycles. The van der Waals surface area contributed by atoms with Gasteiger partial charge >= 0.3 is 0 Å². The number of rotatable bonds is 7. The normalized spacial score (nSPS) is 27.0. The predicted molar refractivity (Wildman–Crippen MR) is 120 cm³/mol. The number of halogens is 1. The van der Waals surface area contributed by atoms with E-state index in [4.69, 9.17) is 4.74 Å². The molecule has 2 saturated carbocycles. The third kappa shape index (κ3) is 4.62. The maximum absolute atomic E-state index is 14.5. The summed E-state index contributed by atoms with van der Waals surface area (Å²) in [7, 11) is 1.52. The van der Waals surface area contributed by atoms with Crippen molar-refractivity contribution >= 4 is 10.8 Å². The minimum Gasteiger partial charge on any atom is -0.494 e.